The van der Waals surface area contributed by atoms with Gasteiger partial charge in [0.1, 0.15) is 11.4 Å². The first-order valence-electron chi connectivity index (χ1n) is 17.7. The van der Waals surface area contributed by atoms with Crippen molar-refractivity contribution in [1.29, 1.82) is 0 Å². The predicted molar refractivity (Wildman–Crippen MR) is 177 cm³/mol. The van der Waals surface area contributed by atoms with Crippen molar-refractivity contribution >= 4 is 11.9 Å². The zero-order valence-electron chi connectivity index (χ0n) is 29.7. The van der Waals surface area contributed by atoms with Crippen LogP contribution in [0.25, 0.3) is 0 Å². The molecular formula is C38H59N3O4. The van der Waals surface area contributed by atoms with E-state index in [1.807, 2.05) is 27.0 Å². The number of hydrogen-bond acceptors (Lipinski definition) is 6. The predicted octanol–water partition coefficient (Wildman–Crippen LogP) is 7.78. The van der Waals surface area contributed by atoms with Gasteiger partial charge >= 0.3 is 6.09 Å². The van der Waals surface area contributed by atoms with Gasteiger partial charge in [0.25, 0.3) is 0 Å². The average Bonchev–Trinajstić information content (AvgIpc) is 3.38. The molecule has 7 atom stereocenters. The molecule has 1 aromatic heterocycles. The van der Waals surface area contributed by atoms with Gasteiger partial charge in [-0.3, -0.25) is 4.79 Å². The minimum atomic E-state index is -0.506. The number of carbonyl (C=O) groups excluding carboxylic acids is 2. The van der Waals surface area contributed by atoms with E-state index in [4.69, 9.17) is 9.26 Å². The van der Waals surface area contributed by atoms with E-state index in [-0.39, 0.29) is 44.5 Å². The van der Waals surface area contributed by atoms with Gasteiger partial charge in [-0.25, -0.2) is 4.79 Å². The summed E-state index contributed by atoms with van der Waals surface area (Å²) in [6.45, 7) is 24.7. The lowest BCUT2D eigenvalue weighted by atomic mass is 9.34. The van der Waals surface area contributed by atoms with Crippen LogP contribution >= 0.6 is 0 Å². The summed E-state index contributed by atoms with van der Waals surface area (Å²) >= 11 is 0. The third kappa shape index (κ3) is 5.04. The number of nitrogens with zero attached hydrogens (tertiary/aromatic N) is 1. The summed E-state index contributed by atoms with van der Waals surface area (Å²) in [5.74, 6) is 2.20. The molecule has 6 rings (SSSR count). The van der Waals surface area contributed by atoms with Crippen LogP contribution in [0.15, 0.2) is 22.4 Å². The first-order valence-corrected chi connectivity index (χ1v) is 17.7. The second-order valence-electron chi connectivity index (χ2n) is 18.7. The van der Waals surface area contributed by atoms with E-state index in [1.165, 1.54) is 17.6 Å². The van der Waals surface area contributed by atoms with Crippen LogP contribution in [-0.2, 0) is 21.4 Å². The van der Waals surface area contributed by atoms with Gasteiger partial charge < -0.3 is 19.9 Å². The lowest BCUT2D eigenvalue weighted by Gasteiger charge is -2.69. The second kappa shape index (κ2) is 10.4. The number of amides is 1. The summed E-state index contributed by atoms with van der Waals surface area (Å²) < 4.78 is 11.3. The van der Waals surface area contributed by atoms with E-state index in [0.29, 0.717) is 30.7 Å². The summed E-state index contributed by atoms with van der Waals surface area (Å²) in [5.41, 5.74) is 2.10. The summed E-state index contributed by atoms with van der Waals surface area (Å²) in [4.78, 5) is 27.0. The molecule has 0 aromatic carbocycles. The zero-order valence-corrected chi connectivity index (χ0v) is 29.7. The first-order chi connectivity index (χ1) is 20.8. The van der Waals surface area contributed by atoms with Crippen LogP contribution in [0.2, 0.25) is 0 Å². The smallest absolute Gasteiger partial charge is 0.407 e. The maximum atomic E-state index is 14.8. The molecule has 0 aliphatic heterocycles. The van der Waals surface area contributed by atoms with Crippen molar-refractivity contribution in [1.82, 2.24) is 15.8 Å². The fraction of sp³-hybridized carbons (Fsp3) is 0.816. The Balaban J connectivity index is 1.29. The van der Waals surface area contributed by atoms with E-state index in [2.05, 4.69) is 70.3 Å². The molecule has 1 amide bonds. The fourth-order valence-electron chi connectivity index (χ4n) is 11.6. The number of carbonyl (C=O) groups is 2. The number of nitrogens with one attached hydrogen (secondary N) is 2. The number of ketones is 1. The SMILES string of the molecule is CC1(C)CC[C@]2(CNCCNC(=O)OC(C)(C)C)CC[C@]3(C)[C@H](C(=O)C=C4[C@@]5(C)Cc6cnoc6C(C)(C)[C@@H]5CC[C@]43C)[C@@H]2C1. The lowest BCUT2D eigenvalue weighted by molar-refractivity contribution is -0.171. The van der Waals surface area contributed by atoms with E-state index in [1.54, 1.807) is 0 Å². The van der Waals surface area contributed by atoms with Gasteiger partial charge in [-0.05, 0) is 117 Å². The molecule has 0 saturated heterocycles. The van der Waals surface area contributed by atoms with E-state index in [0.717, 1.165) is 57.3 Å². The topological polar surface area (TPSA) is 93.5 Å². The van der Waals surface area contributed by atoms with Gasteiger partial charge in [0.15, 0.2) is 5.78 Å². The second-order valence-corrected chi connectivity index (χ2v) is 18.7. The third-order valence-corrected chi connectivity index (χ3v) is 14.0. The van der Waals surface area contributed by atoms with Crippen LogP contribution in [0.4, 0.5) is 4.79 Å². The Morgan fingerprint density at radius 3 is 2.44 bits per heavy atom. The Hall–Kier alpha value is -2.15. The van der Waals surface area contributed by atoms with Crippen molar-refractivity contribution in [2.45, 2.75) is 132 Å². The minimum Gasteiger partial charge on any atom is -0.444 e. The van der Waals surface area contributed by atoms with Crippen molar-refractivity contribution in [3.05, 3.63) is 29.2 Å². The number of ether oxygens (including phenoxy) is 1. The van der Waals surface area contributed by atoms with Crippen LogP contribution < -0.4 is 10.6 Å². The van der Waals surface area contributed by atoms with Gasteiger partial charge in [-0.1, -0.05) is 59.2 Å². The van der Waals surface area contributed by atoms with Crippen molar-refractivity contribution in [3.63, 3.8) is 0 Å². The third-order valence-electron chi connectivity index (χ3n) is 14.0. The molecule has 7 nitrogen and oxygen atoms in total. The molecule has 5 aliphatic rings. The maximum absolute atomic E-state index is 14.8. The average molecular weight is 622 g/mol. The van der Waals surface area contributed by atoms with Crippen LogP contribution in [-0.4, -0.2) is 42.3 Å². The van der Waals surface area contributed by atoms with Crippen LogP contribution in [0, 0.1) is 44.8 Å². The largest absolute Gasteiger partial charge is 0.444 e. The molecule has 0 bridgehead atoms. The summed E-state index contributed by atoms with van der Waals surface area (Å²) in [6.07, 6.45) is 12.5. The Labute approximate surface area is 271 Å². The normalized spacial score (nSPS) is 39.7. The lowest BCUT2D eigenvalue weighted by Crippen LogP contribution is -2.66. The van der Waals surface area contributed by atoms with Gasteiger partial charge in [-0.15, -0.1) is 0 Å². The molecule has 7 heteroatoms. The quantitative estimate of drug-likeness (QED) is 0.326. The molecule has 3 fully saturated rings. The van der Waals surface area contributed by atoms with Gasteiger partial charge in [0.05, 0.1) is 6.20 Å². The van der Waals surface area contributed by atoms with E-state index in [9.17, 15) is 9.59 Å². The Kier molecular flexibility index (Phi) is 7.59. The summed E-state index contributed by atoms with van der Waals surface area (Å²) in [5, 5.41) is 10.9. The van der Waals surface area contributed by atoms with Crippen molar-refractivity contribution in [3.8, 4) is 0 Å². The highest BCUT2D eigenvalue weighted by Gasteiger charge is 2.69. The molecule has 3 saturated carbocycles. The van der Waals surface area contributed by atoms with Crippen LogP contribution in [0.5, 0.6) is 0 Å². The molecule has 250 valence electrons. The fourth-order valence-corrected chi connectivity index (χ4v) is 11.6. The van der Waals surface area contributed by atoms with Gasteiger partial charge in [0, 0.05) is 36.5 Å². The minimum absolute atomic E-state index is 0.0277. The van der Waals surface area contributed by atoms with Gasteiger partial charge in [0.2, 0.25) is 0 Å². The Morgan fingerprint density at radius 2 is 1.73 bits per heavy atom. The molecule has 0 radical (unpaired) electrons. The zero-order chi connectivity index (χ0) is 32.8. The number of fused-ring (bicyclic) bond motifs is 8. The molecule has 0 spiro atoms. The monoisotopic (exact) mass is 621 g/mol. The Morgan fingerprint density at radius 1 is 1.02 bits per heavy atom. The van der Waals surface area contributed by atoms with Crippen molar-refractivity contribution < 1.29 is 18.8 Å². The number of alkyl carbamates (subject to hydrolysis) is 1. The number of rotatable bonds is 5. The van der Waals surface area contributed by atoms with Crippen LogP contribution in [0.1, 0.15) is 126 Å². The summed E-state index contributed by atoms with van der Waals surface area (Å²) in [7, 11) is 0. The first kappa shape index (κ1) is 32.8. The van der Waals surface area contributed by atoms with Gasteiger partial charge in [-0.2, -0.15) is 0 Å². The highest BCUT2D eigenvalue weighted by atomic mass is 16.6. The molecule has 1 heterocycles. The van der Waals surface area contributed by atoms with E-state index >= 15 is 0 Å². The molecule has 45 heavy (non-hydrogen) atoms. The number of hydrogen-bond donors (Lipinski definition) is 2. The van der Waals surface area contributed by atoms with Crippen LogP contribution in [0.3, 0.4) is 0 Å². The summed E-state index contributed by atoms with van der Waals surface area (Å²) in [6, 6.07) is 0. The molecule has 1 aromatic rings. The maximum Gasteiger partial charge on any atom is 0.407 e. The van der Waals surface area contributed by atoms with Crippen molar-refractivity contribution in [2.75, 3.05) is 19.6 Å². The number of allylic oxidation sites excluding steroid dienone is 2. The highest BCUT2D eigenvalue weighted by Crippen LogP contribution is 2.74. The number of aromatic nitrogens is 1. The molecular weight excluding hydrogens is 562 g/mol. The highest BCUT2D eigenvalue weighted by molar-refractivity contribution is 5.95. The van der Waals surface area contributed by atoms with E-state index < -0.39 is 5.60 Å². The molecule has 5 aliphatic carbocycles. The van der Waals surface area contributed by atoms with Crippen molar-refractivity contribution in [2.24, 2.45) is 44.8 Å². The Bertz CT molecular complexity index is 1390. The molecule has 2 N–H and O–H groups in total. The molecule has 0 unspecified atom stereocenters. The standard InChI is InChI=1S/C38H59N3O4/c1-32(2,3)44-31(43)40-18-17-39-23-38-15-13-33(4,5)21-25(38)29-26(42)19-28-35(8)20-24-22-41-45-30(24)34(6,7)27(35)11-12-36(28,9)37(29,10)14-16-38/h19,22,25,27,29,39H,11-18,20-21,23H2,1-10H3,(H,40,43)/t25-,27-,29-,35-,36+,37+,38+/m0/s1.